The molecule has 1 aromatic rings. The fourth-order valence-electron chi connectivity index (χ4n) is 2.08. The Hall–Kier alpha value is -1.86. The topological polar surface area (TPSA) is 68.0 Å². The molecule has 4 heteroatoms. The largest absolute Gasteiger partial charge is 0.345 e. The number of pyridine rings is 1. The first kappa shape index (κ1) is 16.2. The van der Waals surface area contributed by atoms with Crippen molar-refractivity contribution in [1.29, 1.82) is 0 Å². The van der Waals surface area contributed by atoms with E-state index in [0.717, 1.165) is 24.8 Å². The second kappa shape index (κ2) is 7.66. The highest BCUT2D eigenvalue weighted by Crippen LogP contribution is 2.19. The van der Waals surface area contributed by atoms with E-state index >= 15 is 0 Å². The summed E-state index contributed by atoms with van der Waals surface area (Å²) in [6, 6.07) is 3.48. The van der Waals surface area contributed by atoms with Gasteiger partial charge in [-0.2, -0.15) is 0 Å². The molecule has 1 heterocycles. The van der Waals surface area contributed by atoms with Crippen molar-refractivity contribution < 1.29 is 4.79 Å². The van der Waals surface area contributed by atoms with Gasteiger partial charge >= 0.3 is 0 Å². The van der Waals surface area contributed by atoms with E-state index in [9.17, 15) is 4.79 Å². The average Bonchev–Trinajstić information content (AvgIpc) is 2.51. The fraction of sp³-hybridized carbons (Fsp3) is 0.500. The maximum absolute atomic E-state index is 12.2. The van der Waals surface area contributed by atoms with Gasteiger partial charge in [-0.15, -0.1) is 0 Å². The number of carbonyl (C=O) groups is 1. The van der Waals surface area contributed by atoms with Crippen molar-refractivity contribution in [3.8, 4) is 11.8 Å². The van der Waals surface area contributed by atoms with Crippen LogP contribution in [0.25, 0.3) is 0 Å². The van der Waals surface area contributed by atoms with Crippen LogP contribution < -0.4 is 11.1 Å². The molecule has 0 aliphatic heterocycles. The van der Waals surface area contributed by atoms with Gasteiger partial charge in [-0.05, 0) is 31.4 Å². The Balaban J connectivity index is 2.82. The third-order valence-corrected chi connectivity index (χ3v) is 3.74. The summed E-state index contributed by atoms with van der Waals surface area (Å²) < 4.78 is 0. The zero-order valence-corrected chi connectivity index (χ0v) is 12.5. The van der Waals surface area contributed by atoms with Crippen LogP contribution in [0.3, 0.4) is 0 Å². The number of amides is 1. The summed E-state index contributed by atoms with van der Waals surface area (Å²) in [4.78, 5) is 16.4. The SMILES string of the molecule is CCC(CC)(CC)NC(=O)c1ccc(C#CCN)cn1. The number of aromatic nitrogens is 1. The number of nitrogens with two attached hydrogens (primary N) is 1. The monoisotopic (exact) mass is 273 g/mol. The Kier molecular flexibility index (Phi) is 6.20. The first-order chi connectivity index (χ1) is 9.60. The van der Waals surface area contributed by atoms with Crippen LogP contribution in [0, 0.1) is 11.8 Å². The van der Waals surface area contributed by atoms with Gasteiger partial charge in [-0.3, -0.25) is 4.79 Å². The van der Waals surface area contributed by atoms with Crippen molar-refractivity contribution in [3.63, 3.8) is 0 Å². The lowest BCUT2D eigenvalue weighted by molar-refractivity contribution is 0.0883. The first-order valence-corrected chi connectivity index (χ1v) is 7.08. The molecule has 1 amide bonds. The molecule has 0 fully saturated rings. The minimum absolute atomic E-state index is 0.131. The van der Waals surface area contributed by atoms with Gasteiger partial charge in [0.2, 0.25) is 0 Å². The number of hydrogen-bond acceptors (Lipinski definition) is 3. The molecule has 0 aliphatic carbocycles. The van der Waals surface area contributed by atoms with Crippen LogP contribution in [0.5, 0.6) is 0 Å². The Bertz CT molecular complexity index is 484. The quantitative estimate of drug-likeness (QED) is 0.807. The third kappa shape index (κ3) is 4.07. The molecule has 0 radical (unpaired) electrons. The lowest BCUT2D eigenvalue weighted by atomic mass is 9.89. The van der Waals surface area contributed by atoms with E-state index in [1.54, 1.807) is 18.3 Å². The number of hydrogen-bond donors (Lipinski definition) is 2. The maximum atomic E-state index is 12.2. The van der Waals surface area contributed by atoms with Gasteiger partial charge in [0.25, 0.3) is 5.91 Å². The van der Waals surface area contributed by atoms with E-state index in [1.165, 1.54) is 0 Å². The summed E-state index contributed by atoms with van der Waals surface area (Å²) >= 11 is 0. The number of carbonyl (C=O) groups excluding carboxylic acids is 1. The van der Waals surface area contributed by atoms with Crippen molar-refractivity contribution in [1.82, 2.24) is 10.3 Å². The molecule has 0 spiro atoms. The van der Waals surface area contributed by atoms with Crippen LogP contribution in [0.4, 0.5) is 0 Å². The third-order valence-electron chi connectivity index (χ3n) is 3.74. The van der Waals surface area contributed by atoms with Gasteiger partial charge < -0.3 is 11.1 Å². The van der Waals surface area contributed by atoms with E-state index in [-0.39, 0.29) is 11.4 Å². The summed E-state index contributed by atoms with van der Waals surface area (Å²) in [6.45, 7) is 6.58. The Morgan fingerprint density at radius 3 is 2.40 bits per heavy atom. The lowest BCUT2D eigenvalue weighted by Crippen LogP contribution is -2.47. The van der Waals surface area contributed by atoms with Crippen molar-refractivity contribution in [2.75, 3.05) is 6.54 Å². The standard InChI is InChI=1S/C16H23N3O/c1-4-16(5-2,6-3)19-15(20)14-10-9-13(12-18-14)8-7-11-17/h9-10,12H,4-6,11,17H2,1-3H3,(H,19,20). The fourth-order valence-corrected chi connectivity index (χ4v) is 2.08. The normalized spacial score (nSPS) is 10.6. The zero-order chi connectivity index (χ0) is 15.0. The molecule has 0 saturated heterocycles. The van der Waals surface area contributed by atoms with E-state index in [0.29, 0.717) is 12.2 Å². The Labute approximate surface area is 121 Å². The van der Waals surface area contributed by atoms with Gasteiger partial charge in [0, 0.05) is 17.3 Å². The summed E-state index contributed by atoms with van der Waals surface area (Å²) in [5.41, 5.74) is 6.35. The molecular formula is C16H23N3O. The molecule has 0 unspecified atom stereocenters. The molecule has 0 aromatic carbocycles. The molecule has 1 aromatic heterocycles. The van der Waals surface area contributed by atoms with Crippen molar-refractivity contribution in [3.05, 3.63) is 29.6 Å². The van der Waals surface area contributed by atoms with Crippen LogP contribution in [-0.4, -0.2) is 23.0 Å². The molecule has 1 rings (SSSR count). The van der Waals surface area contributed by atoms with Crippen LogP contribution >= 0.6 is 0 Å². The Morgan fingerprint density at radius 2 is 1.95 bits per heavy atom. The molecule has 0 atom stereocenters. The molecule has 20 heavy (non-hydrogen) atoms. The van der Waals surface area contributed by atoms with Crippen molar-refractivity contribution >= 4 is 5.91 Å². The van der Waals surface area contributed by atoms with E-state index in [2.05, 4.69) is 42.9 Å². The molecular weight excluding hydrogens is 250 g/mol. The predicted molar refractivity (Wildman–Crippen MR) is 81.2 cm³/mol. The smallest absolute Gasteiger partial charge is 0.270 e. The maximum Gasteiger partial charge on any atom is 0.270 e. The zero-order valence-electron chi connectivity index (χ0n) is 12.5. The highest BCUT2D eigenvalue weighted by molar-refractivity contribution is 5.92. The number of nitrogens with zero attached hydrogens (tertiary/aromatic N) is 1. The van der Waals surface area contributed by atoms with Gasteiger partial charge in [0.05, 0.1) is 6.54 Å². The van der Waals surface area contributed by atoms with Crippen LogP contribution in [-0.2, 0) is 0 Å². The number of rotatable bonds is 5. The second-order valence-corrected chi connectivity index (χ2v) is 4.73. The lowest BCUT2D eigenvalue weighted by Gasteiger charge is -2.31. The molecule has 4 nitrogen and oxygen atoms in total. The van der Waals surface area contributed by atoms with Gasteiger partial charge in [0.15, 0.2) is 0 Å². The molecule has 108 valence electrons. The van der Waals surface area contributed by atoms with Gasteiger partial charge in [0.1, 0.15) is 5.69 Å². The van der Waals surface area contributed by atoms with Gasteiger partial charge in [-0.25, -0.2) is 4.98 Å². The van der Waals surface area contributed by atoms with E-state index < -0.39 is 0 Å². The summed E-state index contributed by atoms with van der Waals surface area (Å²) in [5.74, 6) is 5.51. The molecule has 0 saturated carbocycles. The number of nitrogens with one attached hydrogen (secondary N) is 1. The molecule has 0 bridgehead atoms. The minimum Gasteiger partial charge on any atom is -0.345 e. The van der Waals surface area contributed by atoms with Crippen LogP contribution in [0.1, 0.15) is 56.1 Å². The summed E-state index contributed by atoms with van der Waals surface area (Å²) in [5, 5.41) is 3.10. The summed E-state index contributed by atoms with van der Waals surface area (Å²) in [7, 11) is 0. The highest BCUT2D eigenvalue weighted by Gasteiger charge is 2.26. The van der Waals surface area contributed by atoms with Crippen molar-refractivity contribution in [2.45, 2.75) is 45.6 Å². The molecule has 3 N–H and O–H groups in total. The van der Waals surface area contributed by atoms with Crippen LogP contribution in [0.15, 0.2) is 18.3 Å². The second-order valence-electron chi connectivity index (χ2n) is 4.73. The van der Waals surface area contributed by atoms with E-state index in [4.69, 9.17) is 5.73 Å². The van der Waals surface area contributed by atoms with Crippen LogP contribution in [0.2, 0.25) is 0 Å². The minimum atomic E-state index is -0.142. The predicted octanol–water partition coefficient (Wildman–Crippen LogP) is 2.09. The Morgan fingerprint density at radius 1 is 1.30 bits per heavy atom. The molecule has 0 aliphatic rings. The van der Waals surface area contributed by atoms with E-state index in [1.807, 2.05) is 0 Å². The van der Waals surface area contributed by atoms with Gasteiger partial charge in [-0.1, -0.05) is 32.6 Å². The van der Waals surface area contributed by atoms with Crippen molar-refractivity contribution in [2.24, 2.45) is 5.73 Å². The summed E-state index contributed by atoms with van der Waals surface area (Å²) in [6.07, 6.45) is 4.33. The average molecular weight is 273 g/mol. The first-order valence-electron chi connectivity index (χ1n) is 7.08. The highest BCUT2D eigenvalue weighted by atomic mass is 16.2.